The first-order chi connectivity index (χ1) is 8.22. The molecular formula is C12H18N4O. The van der Waals surface area contributed by atoms with Gasteiger partial charge in [-0.1, -0.05) is 6.92 Å². The lowest BCUT2D eigenvalue weighted by Crippen LogP contribution is -2.38. The Hall–Kier alpha value is -1.62. The Labute approximate surface area is 101 Å². The molecule has 1 atom stereocenters. The van der Waals surface area contributed by atoms with Crippen molar-refractivity contribution in [3.63, 3.8) is 0 Å². The van der Waals surface area contributed by atoms with Crippen LogP contribution in [0.5, 0.6) is 0 Å². The Balaban J connectivity index is 2.02. The predicted molar refractivity (Wildman–Crippen MR) is 65.3 cm³/mol. The van der Waals surface area contributed by atoms with Crippen molar-refractivity contribution < 1.29 is 4.79 Å². The molecule has 3 N–H and O–H groups in total. The Morgan fingerprint density at radius 2 is 2.35 bits per heavy atom. The van der Waals surface area contributed by atoms with Crippen LogP contribution in [0, 0.1) is 0 Å². The highest BCUT2D eigenvalue weighted by Crippen LogP contribution is 2.14. The zero-order valence-electron chi connectivity index (χ0n) is 10.2. The van der Waals surface area contributed by atoms with Crippen LogP contribution in [0.15, 0.2) is 23.5 Å². The number of imidazole rings is 1. The quantitative estimate of drug-likeness (QED) is 0.678. The maximum absolute atomic E-state index is 12.0. The van der Waals surface area contributed by atoms with E-state index >= 15 is 0 Å². The molecule has 0 aliphatic carbocycles. The summed E-state index contributed by atoms with van der Waals surface area (Å²) in [6.45, 7) is 5.56. The third-order valence-electron chi connectivity index (χ3n) is 3.11. The summed E-state index contributed by atoms with van der Waals surface area (Å²) in [5.74, 6) is 0.815. The molecule has 0 aromatic carbocycles. The van der Waals surface area contributed by atoms with Gasteiger partial charge in [0.15, 0.2) is 0 Å². The topological polar surface area (TPSA) is 69.8 Å². The van der Waals surface area contributed by atoms with Crippen LogP contribution in [0.2, 0.25) is 0 Å². The van der Waals surface area contributed by atoms with Gasteiger partial charge in [0.25, 0.3) is 0 Å². The number of aromatic amines is 1. The highest BCUT2D eigenvalue weighted by Gasteiger charge is 2.19. The minimum absolute atomic E-state index is 0.00440. The Morgan fingerprint density at radius 1 is 1.59 bits per heavy atom. The first-order valence-corrected chi connectivity index (χ1v) is 5.91. The van der Waals surface area contributed by atoms with Crippen LogP contribution >= 0.6 is 0 Å². The van der Waals surface area contributed by atoms with Crippen molar-refractivity contribution in [3.05, 3.63) is 29.4 Å². The predicted octanol–water partition coefficient (Wildman–Crippen LogP) is 0.897. The molecule has 0 saturated carbocycles. The number of rotatable bonds is 4. The molecule has 1 amide bonds. The molecule has 1 saturated heterocycles. The summed E-state index contributed by atoms with van der Waals surface area (Å²) in [6.07, 6.45) is 4.29. The summed E-state index contributed by atoms with van der Waals surface area (Å²) in [5, 5.41) is 6.14. The van der Waals surface area contributed by atoms with Crippen LogP contribution in [0.25, 0.3) is 0 Å². The maximum Gasteiger partial charge on any atom is 0.247 e. The minimum Gasteiger partial charge on any atom is -0.347 e. The number of carbonyl (C=O) groups excluding carboxylic acids is 1. The van der Waals surface area contributed by atoms with Gasteiger partial charge in [0, 0.05) is 31.1 Å². The third kappa shape index (κ3) is 2.55. The molecule has 1 aromatic rings. The zero-order chi connectivity index (χ0) is 12.3. The zero-order valence-corrected chi connectivity index (χ0v) is 10.2. The summed E-state index contributed by atoms with van der Waals surface area (Å²) < 4.78 is 0. The van der Waals surface area contributed by atoms with Crippen LogP contribution < -0.4 is 10.6 Å². The molecule has 1 aliphatic rings. The molecular weight excluding hydrogens is 216 g/mol. The van der Waals surface area contributed by atoms with Crippen LogP contribution in [0.1, 0.15) is 32.1 Å². The van der Waals surface area contributed by atoms with Gasteiger partial charge in [-0.15, -0.1) is 0 Å². The first-order valence-electron chi connectivity index (χ1n) is 5.91. The fraction of sp³-hybridized carbons (Fsp3) is 0.500. The molecule has 0 bridgehead atoms. The molecule has 2 rings (SSSR count). The smallest absolute Gasteiger partial charge is 0.247 e. The molecule has 5 nitrogen and oxygen atoms in total. The van der Waals surface area contributed by atoms with E-state index in [9.17, 15) is 4.79 Å². The normalized spacial score (nSPS) is 16.2. The standard InChI is InChI=1S/C12H18N4O/c1-3-10(11-14-4-5-15-11)16-12(17)8(2)9-6-13-7-9/h4-5,10,13H,3,6-7H2,1-2H3,(H,14,15)(H,16,17). The van der Waals surface area contributed by atoms with Gasteiger partial charge in [-0.05, 0) is 18.9 Å². The van der Waals surface area contributed by atoms with Gasteiger partial charge in [0.05, 0.1) is 6.04 Å². The molecule has 1 aliphatic heterocycles. The summed E-state index contributed by atoms with van der Waals surface area (Å²) in [5.41, 5.74) is 2.02. The van der Waals surface area contributed by atoms with E-state index in [1.165, 1.54) is 5.57 Å². The average molecular weight is 234 g/mol. The van der Waals surface area contributed by atoms with E-state index in [2.05, 4.69) is 20.6 Å². The van der Waals surface area contributed by atoms with Crippen molar-refractivity contribution in [2.45, 2.75) is 26.3 Å². The van der Waals surface area contributed by atoms with Gasteiger partial charge in [-0.25, -0.2) is 4.98 Å². The molecule has 0 radical (unpaired) electrons. The number of hydrogen-bond acceptors (Lipinski definition) is 3. The van der Waals surface area contributed by atoms with E-state index in [1.54, 1.807) is 12.4 Å². The van der Waals surface area contributed by atoms with Gasteiger partial charge >= 0.3 is 0 Å². The van der Waals surface area contributed by atoms with Gasteiger partial charge in [0.2, 0.25) is 5.91 Å². The van der Waals surface area contributed by atoms with Crippen LogP contribution in [0.4, 0.5) is 0 Å². The fourth-order valence-corrected chi connectivity index (χ4v) is 1.77. The summed E-state index contributed by atoms with van der Waals surface area (Å²) in [6, 6.07) is -0.0407. The molecule has 1 aromatic heterocycles. The van der Waals surface area contributed by atoms with Gasteiger partial charge < -0.3 is 15.6 Å². The van der Waals surface area contributed by atoms with Crippen LogP contribution in [-0.2, 0) is 4.79 Å². The highest BCUT2D eigenvalue weighted by atomic mass is 16.1. The molecule has 2 heterocycles. The van der Waals surface area contributed by atoms with Gasteiger partial charge in [-0.2, -0.15) is 0 Å². The Morgan fingerprint density at radius 3 is 2.82 bits per heavy atom. The van der Waals surface area contributed by atoms with Gasteiger partial charge in [-0.3, -0.25) is 4.79 Å². The van der Waals surface area contributed by atoms with Crippen molar-refractivity contribution in [2.24, 2.45) is 0 Å². The van der Waals surface area contributed by atoms with E-state index < -0.39 is 0 Å². The highest BCUT2D eigenvalue weighted by molar-refractivity contribution is 5.94. The van der Waals surface area contributed by atoms with Gasteiger partial charge in [0.1, 0.15) is 5.82 Å². The minimum atomic E-state index is -0.0407. The number of nitrogens with zero attached hydrogens (tertiary/aromatic N) is 1. The van der Waals surface area contributed by atoms with E-state index in [0.717, 1.165) is 30.9 Å². The number of amides is 1. The Kier molecular flexibility index (Phi) is 3.58. The van der Waals surface area contributed by atoms with Crippen LogP contribution in [0.3, 0.4) is 0 Å². The van der Waals surface area contributed by atoms with E-state index in [1.807, 2.05) is 13.8 Å². The molecule has 1 unspecified atom stereocenters. The lowest BCUT2D eigenvalue weighted by molar-refractivity contribution is -0.118. The number of nitrogens with one attached hydrogen (secondary N) is 3. The lowest BCUT2D eigenvalue weighted by Gasteiger charge is -2.22. The molecule has 5 heteroatoms. The van der Waals surface area contributed by atoms with Crippen molar-refractivity contribution >= 4 is 5.91 Å². The van der Waals surface area contributed by atoms with Crippen molar-refractivity contribution in [1.29, 1.82) is 0 Å². The van der Waals surface area contributed by atoms with E-state index in [0.29, 0.717) is 0 Å². The first kappa shape index (κ1) is 11.9. The number of carbonyl (C=O) groups is 1. The second kappa shape index (κ2) is 5.14. The molecule has 0 spiro atoms. The fourth-order valence-electron chi connectivity index (χ4n) is 1.77. The summed E-state index contributed by atoms with van der Waals surface area (Å²) >= 11 is 0. The second-order valence-corrected chi connectivity index (χ2v) is 4.24. The lowest BCUT2D eigenvalue weighted by atomic mass is 10.0. The molecule has 17 heavy (non-hydrogen) atoms. The third-order valence-corrected chi connectivity index (χ3v) is 3.11. The van der Waals surface area contributed by atoms with Crippen molar-refractivity contribution in [1.82, 2.24) is 20.6 Å². The number of aromatic nitrogens is 2. The van der Waals surface area contributed by atoms with Crippen molar-refractivity contribution in [3.8, 4) is 0 Å². The largest absolute Gasteiger partial charge is 0.347 e. The second-order valence-electron chi connectivity index (χ2n) is 4.24. The SMILES string of the molecule is CCC(NC(=O)C(C)=C1CNC1)c1ncc[nH]1. The average Bonchev–Trinajstić information content (AvgIpc) is 2.76. The molecule has 1 fully saturated rings. The maximum atomic E-state index is 12.0. The number of hydrogen-bond donors (Lipinski definition) is 3. The number of H-pyrrole nitrogens is 1. The van der Waals surface area contributed by atoms with Crippen molar-refractivity contribution in [2.75, 3.05) is 13.1 Å². The molecule has 92 valence electrons. The Bertz CT molecular complexity index is 416. The van der Waals surface area contributed by atoms with Crippen LogP contribution in [-0.4, -0.2) is 29.0 Å². The van der Waals surface area contributed by atoms with E-state index in [4.69, 9.17) is 0 Å². The summed E-state index contributed by atoms with van der Waals surface area (Å²) in [7, 11) is 0. The monoisotopic (exact) mass is 234 g/mol. The van der Waals surface area contributed by atoms with E-state index in [-0.39, 0.29) is 11.9 Å². The summed E-state index contributed by atoms with van der Waals surface area (Å²) in [4.78, 5) is 19.2.